The topological polar surface area (TPSA) is 34.1 Å². The van der Waals surface area contributed by atoms with Gasteiger partial charge in [0.25, 0.3) is 0 Å². The molecule has 1 atom stereocenters. The molecule has 1 aromatic carbocycles. The minimum absolute atomic E-state index is 0.168. The SMILES string of the molecule is CC(C)S(=O)(=O)CCC1(CCl)CCCc2ccccc21. The number of rotatable bonds is 5. The van der Waals surface area contributed by atoms with Crippen LogP contribution in [-0.2, 0) is 21.7 Å². The molecule has 2 nitrogen and oxygen atoms in total. The maximum Gasteiger partial charge on any atom is 0.152 e. The highest BCUT2D eigenvalue weighted by molar-refractivity contribution is 7.91. The van der Waals surface area contributed by atoms with Gasteiger partial charge in [0.2, 0.25) is 0 Å². The summed E-state index contributed by atoms with van der Waals surface area (Å²) in [6.45, 7) is 3.50. The summed E-state index contributed by atoms with van der Waals surface area (Å²) < 4.78 is 24.2. The predicted molar refractivity (Wildman–Crippen MR) is 85.3 cm³/mol. The summed E-state index contributed by atoms with van der Waals surface area (Å²) in [7, 11) is -3.01. The highest BCUT2D eigenvalue weighted by Gasteiger charge is 2.36. The number of alkyl halides is 1. The van der Waals surface area contributed by atoms with Crippen LogP contribution >= 0.6 is 11.6 Å². The van der Waals surface area contributed by atoms with Crippen LogP contribution in [0.25, 0.3) is 0 Å². The summed E-state index contributed by atoms with van der Waals surface area (Å²) in [6, 6.07) is 8.35. The minimum atomic E-state index is -3.01. The van der Waals surface area contributed by atoms with Crippen molar-refractivity contribution in [2.75, 3.05) is 11.6 Å². The van der Waals surface area contributed by atoms with E-state index < -0.39 is 9.84 Å². The molecule has 0 saturated heterocycles. The van der Waals surface area contributed by atoms with E-state index in [0.29, 0.717) is 12.3 Å². The van der Waals surface area contributed by atoms with Crippen molar-refractivity contribution in [3.05, 3.63) is 35.4 Å². The Morgan fingerprint density at radius 1 is 1.30 bits per heavy atom. The van der Waals surface area contributed by atoms with E-state index in [2.05, 4.69) is 12.1 Å². The van der Waals surface area contributed by atoms with Crippen LogP contribution in [0.5, 0.6) is 0 Å². The molecule has 112 valence electrons. The zero-order valence-electron chi connectivity index (χ0n) is 12.2. The Morgan fingerprint density at radius 3 is 2.65 bits per heavy atom. The second kappa shape index (κ2) is 6.07. The van der Waals surface area contributed by atoms with Crippen molar-refractivity contribution < 1.29 is 8.42 Å². The third-order valence-electron chi connectivity index (χ3n) is 4.53. The number of hydrogen-bond donors (Lipinski definition) is 0. The van der Waals surface area contributed by atoms with Gasteiger partial charge in [0.05, 0.1) is 11.0 Å². The van der Waals surface area contributed by atoms with E-state index in [4.69, 9.17) is 11.6 Å². The summed E-state index contributed by atoms with van der Waals surface area (Å²) >= 11 is 6.28. The summed E-state index contributed by atoms with van der Waals surface area (Å²) in [5.41, 5.74) is 2.43. The van der Waals surface area contributed by atoms with Crippen LogP contribution in [0.1, 0.15) is 44.2 Å². The summed E-state index contributed by atoms with van der Waals surface area (Å²) in [6.07, 6.45) is 3.78. The largest absolute Gasteiger partial charge is 0.229 e. The van der Waals surface area contributed by atoms with Crippen LogP contribution in [0.15, 0.2) is 24.3 Å². The van der Waals surface area contributed by atoms with Gasteiger partial charge in [0.15, 0.2) is 9.84 Å². The van der Waals surface area contributed by atoms with Gasteiger partial charge in [-0.1, -0.05) is 24.3 Å². The molecular weight excluding hydrogens is 292 g/mol. The maximum absolute atomic E-state index is 12.1. The van der Waals surface area contributed by atoms with Gasteiger partial charge >= 0.3 is 0 Å². The Labute approximate surface area is 127 Å². The van der Waals surface area contributed by atoms with Gasteiger partial charge in [-0.05, 0) is 50.7 Å². The van der Waals surface area contributed by atoms with E-state index in [0.717, 1.165) is 19.3 Å². The number of fused-ring (bicyclic) bond motifs is 1. The first-order chi connectivity index (χ1) is 9.41. The molecule has 1 aromatic rings. The van der Waals surface area contributed by atoms with Gasteiger partial charge in [-0.25, -0.2) is 8.42 Å². The maximum atomic E-state index is 12.1. The second-order valence-corrected chi connectivity index (χ2v) is 9.03. The molecule has 0 amide bonds. The molecule has 0 N–H and O–H groups in total. The van der Waals surface area contributed by atoms with Gasteiger partial charge in [-0.3, -0.25) is 0 Å². The fourth-order valence-corrected chi connectivity index (χ4v) is 4.60. The Morgan fingerprint density at radius 2 is 2.00 bits per heavy atom. The third kappa shape index (κ3) is 3.04. The van der Waals surface area contributed by atoms with Gasteiger partial charge in [-0.2, -0.15) is 0 Å². The number of aryl methyl sites for hydroxylation is 1. The molecule has 0 fully saturated rings. The van der Waals surface area contributed by atoms with Crippen LogP contribution in [-0.4, -0.2) is 25.3 Å². The van der Waals surface area contributed by atoms with E-state index in [1.54, 1.807) is 13.8 Å². The molecule has 0 bridgehead atoms. The zero-order valence-corrected chi connectivity index (χ0v) is 13.8. The lowest BCUT2D eigenvalue weighted by molar-refractivity contribution is 0.386. The Balaban J connectivity index is 2.28. The fraction of sp³-hybridized carbons (Fsp3) is 0.625. The van der Waals surface area contributed by atoms with Crippen molar-refractivity contribution in [3.63, 3.8) is 0 Å². The van der Waals surface area contributed by atoms with Crippen molar-refractivity contribution in [1.82, 2.24) is 0 Å². The van der Waals surface area contributed by atoms with Gasteiger partial charge in [0.1, 0.15) is 0 Å². The first-order valence-electron chi connectivity index (χ1n) is 7.27. The Hall–Kier alpha value is -0.540. The van der Waals surface area contributed by atoms with Crippen molar-refractivity contribution in [2.45, 2.75) is 50.2 Å². The van der Waals surface area contributed by atoms with Crippen LogP contribution in [0.4, 0.5) is 0 Å². The highest BCUT2D eigenvalue weighted by Crippen LogP contribution is 2.41. The van der Waals surface area contributed by atoms with Crippen LogP contribution in [0.3, 0.4) is 0 Å². The molecule has 2 rings (SSSR count). The van der Waals surface area contributed by atoms with E-state index in [1.807, 2.05) is 12.1 Å². The van der Waals surface area contributed by atoms with Gasteiger partial charge in [0, 0.05) is 11.3 Å². The van der Waals surface area contributed by atoms with Gasteiger partial charge < -0.3 is 0 Å². The average Bonchev–Trinajstić information content (AvgIpc) is 2.45. The quantitative estimate of drug-likeness (QED) is 0.776. The van der Waals surface area contributed by atoms with E-state index in [-0.39, 0.29) is 16.4 Å². The van der Waals surface area contributed by atoms with E-state index in [1.165, 1.54) is 11.1 Å². The Bertz CT molecular complexity index is 566. The molecule has 1 aliphatic carbocycles. The van der Waals surface area contributed by atoms with E-state index >= 15 is 0 Å². The molecule has 0 spiro atoms. The van der Waals surface area contributed by atoms with Crippen LogP contribution in [0.2, 0.25) is 0 Å². The minimum Gasteiger partial charge on any atom is -0.229 e. The number of benzene rings is 1. The number of hydrogen-bond acceptors (Lipinski definition) is 2. The standard InChI is InChI=1S/C16H23ClO2S/c1-13(2)20(18,19)11-10-16(12-17)9-5-7-14-6-3-4-8-15(14)16/h3-4,6,8,13H,5,7,9-12H2,1-2H3. The number of halogens is 1. The van der Waals surface area contributed by atoms with Crippen LogP contribution in [0, 0.1) is 0 Å². The van der Waals surface area contributed by atoms with Crippen LogP contribution < -0.4 is 0 Å². The van der Waals surface area contributed by atoms with Gasteiger partial charge in [-0.15, -0.1) is 11.6 Å². The normalized spacial score (nSPS) is 22.8. The molecule has 0 aliphatic heterocycles. The monoisotopic (exact) mass is 314 g/mol. The van der Waals surface area contributed by atoms with Crippen molar-refractivity contribution >= 4 is 21.4 Å². The molecule has 20 heavy (non-hydrogen) atoms. The second-order valence-electron chi connectivity index (χ2n) is 6.09. The Kier molecular flexibility index (Phi) is 4.80. The van der Waals surface area contributed by atoms with Crippen molar-refractivity contribution in [2.24, 2.45) is 0 Å². The molecule has 1 unspecified atom stereocenters. The summed E-state index contributed by atoms with van der Waals surface area (Å²) in [4.78, 5) is 0. The van der Waals surface area contributed by atoms with E-state index in [9.17, 15) is 8.42 Å². The molecule has 0 radical (unpaired) electrons. The average molecular weight is 315 g/mol. The summed E-state index contributed by atoms with van der Waals surface area (Å²) in [5.74, 6) is 0.726. The van der Waals surface area contributed by atoms with Crippen molar-refractivity contribution in [3.8, 4) is 0 Å². The lowest BCUT2D eigenvalue weighted by atomic mass is 9.69. The molecule has 0 aromatic heterocycles. The first-order valence-corrected chi connectivity index (χ1v) is 9.52. The molecule has 0 saturated carbocycles. The highest BCUT2D eigenvalue weighted by atomic mass is 35.5. The van der Waals surface area contributed by atoms with Crippen molar-refractivity contribution in [1.29, 1.82) is 0 Å². The smallest absolute Gasteiger partial charge is 0.152 e. The zero-order chi connectivity index (χ0) is 14.8. The summed E-state index contributed by atoms with van der Waals surface area (Å²) in [5, 5.41) is -0.311. The predicted octanol–water partition coefficient (Wildman–Crippen LogP) is 3.71. The molecule has 1 aliphatic rings. The lowest BCUT2D eigenvalue weighted by Crippen LogP contribution is -2.36. The number of sulfone groups is 1. The first kappa shape index (κ1) is 15.8. The fourth-order valence-electron chi connectivity index (χ4n) is 3.05. The molecule has 0 heterocycles. The third-order valence-corrected chi connectivity index (χ3v) is 7.25. The molecular formula is C16H23ClO2S. The lowest BCUT2D eigenvalue weighted by Gasteiger charge is -2.38. The molecule has 4 heteroatoms.